The van der Waals surface area contributed by atoms with Crippen LogP contribution in [0.4, 0.5) is 0 Å². The average Bonchev–Trinajstić information content (AvgIpc) is 3.34. The maximum absolute atomic E-state index is 13.3. The summed E-state index contributed by atoms with van der Waals surface area (Å²) in [7, 11) is 1.50. The van der Waals surface area contributed by atoms with Gasteiger partial charge in [-0.1, -0.05) is 69.3 Å². The number of carbonyl (C=O) groups is 3. The summed E-state index contributed by atoms with van der Waals surface area (Å²) in [5.41, 5.74) is 13.0. The molecule has 188 valence electrons. The SMILES string of the molecule is CNC(=O)C(NC(=O)C(CC(=O)O)n1cccc1-c1ccc(-c2ccc(C[N])cc2)cc1)C(C)(C)C. The largest absolute Gasteiger partial charge is 0.481 e. The quantitative estimate of drug-likeness (QED) is 0.425. The Morgan fingerprint density at radius 1 is 0.917 bits per heavy atom. The second kappa shape index (κ2) is 11.2. The predicted octanol–water partition coefficient (Wildman–Crippen LogP) is 3.68. The van der Waals surface area contributed by atoms with E-state index in [1.54, 1.807) is 16.8 Å². The number of carbonyl (C=O) groups excluding carboxylic acids is 2. The normalized spacial score (nSPS) is 13.0. The Hall–Kier alpha value is -3.91. The zero-order valence-corrected chi connectivity index (χ0v) is 21.0. The zero-order valence-electron chi connectivity index (χ0n) is 21.0. The predicted molar refractivity (Wildman–Crippen MR) is 138 cm³/mol. The molecule has 2 unspecified atom stereocenters. The van der Waals surface area contributed by atoms with Gasteiger partial charge in [0.1, 0.15) is 12.1 Å². The first-order chi connectivity index (χ1) is 17.0. The number of nitrogens with zero attached hydrogens (tertiary/aromatic N) is 2. The lowest BCUT2D eigenvalue weighted by atomic mass is 9.86. The first-order valence-electron chi connectivity index (χ1n) is 11.8. The topological polar surface area (TPSA) is 123 Å². The van der Waals surface area contributed by atoms with Crippen molar-refractivity contribution >= 4 is 17.8 Å². The van der Waals surface area contributed by atoms with Crippen LogP contribution in [0.15, 0.2) is 66.9 Å². The number of aromatic nitrogens is 1. The highest BCUT2D eigenvalue weighted by Gasteiger charge is 2.35. The molecule has 3 rings (SSSR count). The summed E-state index contributed by atoms with van der Waals surface area (Å²) in [5.74, 6) is -2.01. The third kappa shape index (κ3) is 6.20. The Bertz CT molecular complexity index is 1210. The average molecular weight is 489 g/mol. The molecule has 3 aromatic rings. The van der Waals surface area contributed by atoms with Crippen molar-refractivity contribution in [3.8, 4) is 22.4 Å². The maximum Gasteiger partial charge on any atom is 0.306 e. The highest BCUT2D eigenvalue weighted by Crippen LogP contribution is 2.29. The molecule has 36 heavy (non-hydrogen) atoms. The van der Waals surface area contributed by atoms with Crippen LogP contribution in [0.2, 0.25) is 0 Å². The molecule has 0 aliphatic carbocycles. The van der Waals surface area contributed by atoms with Crippen LogP contribution in [0.5, 0.6) is 0 Å². The van der Waals surface area contributed by atoms with Crippen LogP contribution in [0.3, 0.4) is 0 Å². The van der Waals surface area contributed by atoms with Crippen molar-refractivity contribution in [3.63, 3.8) is 0 Å². The second-order valence-electron chi connectivity index (χ2n) is 9.77. The number of aliphatic carboxylic acids is 1. The van der Waals surface area contributed by atoms with Crippen molar-refractivity contribution in [1.29, 1.82) is 0 Å². The fraction of sp³-hybridized carbons (Fsp3) is 0.321. The molecule has 0 fully saturated rings. The van der Waals surface area contributed by atoms with E-state index in [4.69, 9.17) is 0 Å². The van der Waals surface area contributed by atoms with Crippen molar-refractivity contribution < 1.29 is 19.5 Å². The third-order valence-electron chi connectivity index (χ3n) is 6.10. The van der Waals surface area contributed by atoms with E-state index in [0.717, 1.165) is 22.3 Å². The van der Waals surface area contributed by atoms with Gasteiger partial charge in [0.2, 0.25) is 11.8 Å². The molecular weight excluding hydrogens is 456 g/mol. The summed E-state index contributed by atoms with van der Waals surface area (Å²) >= 11 is 0. The number of hydrogen-bond donors (Lipinski definition) is 3. The summed E-state index contributed by atoms with van der Waals surface area (Å²) in [6.45, 7) is 5.49. The molecule has 0 aliphatic rings. The molecule has 2 radical (unpaired) electrons. The van der Waals surface area contributed by atoms with Gasteiger partial charge < -0.3 is 20.3 Å². The number of carboxylic acids is 1. The second-order valence-corrected chi connectivity index (χ2v) is 9.77. The Morgan fingerprint density at radius 2 is 1.47 bits per heavy atom. The fourth-order valence-electron chi connectivity index (χ4n) is 4.09. The number of rotatable bonds is 9. The Morgan fingerprint density at radius 3 is 1.97 bits per heavy atom. The minimum atomic E-state index is -1.12. The Kier molecular flexibility index (Phi) is 8.32. The van der Waals surface area contributed by atoms with Crippen LogP contribution >= 0.6 is 0 Å². The lowest BCUT2D eigenvalue weighted by Crippen LogP contribution is -2.54. The molecule has 8 heteroatoms. The van der Waals surface area contributed by atoms with Gasteiger partial charge in [-0.05, 0) is 39.8 Å². The third-order valence-corrected chi connectivity index (χ3v) is 6.10. The fourth-order valence-corrected chi connectivity index (χ4v) is 4.09. The van der Waals surface area contributed by atoms with Gasteiger partial charge in [0, 0.05) is 18.9 Å². The van der Waals surface area contributed by atoms with E-state index in [0.29, 0.717) is 5.69 Å². The van der Waals surface area contributed by atoms with Crippen LogP contribution in [-0.2, 0) is 20.9 Å². The number of benzene rings is 2. The van der Waals surface area contributed by atoms with E-state index < -0.39 is 35.8 Å². The van der Waals surface area contributed by atoms with Gasteiger partial charge in [-0.25, -0.2) is 0 Å². The van der Waals surface area contributed by atoms with Crippen LogP contribution in [0.1, 0.15) is 38.8 Å². The van der Waals surface area contributed by atoms with Crippen LogP contribution in [0, 0.1) is 5.41 Å². The molecule has 8 nitrogen and oxygen atoms in total. The number of nitrogens with one attached hydrogen (secondary N) is 2. The first-order valence-corrected chi connectivity index (χ1v) is 11.8. The smallest absolute Gasteiger partial charge is 0.306 e. The van der Waals surface area contributed by atoms with Crippen LogP contribution in [-0.4, -0.2) is 40.5 Å². The zero-order chi connectivity index (χ0) is 26.5. The minimum Gasteiger partial charge on any atom is -0.481 e. The van der Waals surface area contributed by atoms with Gasteiger partial charge in [0.05, 0.1) is 13.0 Å². The number of hydrogen-bond acceptors (Lipinski definition) is 3. The van der Waals surface area contributed by atoms with Crippen molar-refractivity contribution in [2.75, 3.05) is 7.05 Å². The summed E-state index contributed by atoms with van der Waals surface area (Å²) in [6.07, 6.45) is 1.24. The molecule has 2 atom stereocenters. The molecule has 0 aliphatic heterocycles. The molecule has 2 aromatic carbocycles. The molecule has 1 aromatic heterocycles. The van der Waals surface area contributed by atoms with E-state index in [2.05, 4.69) is 10.6 Å². The number of amides is 2. The van der Waals surface area contributed by atoms with Gasteiger partial charge in [-0.3, -0.25) is 14.4 Å². The Balaban J connectivity index is 1.92. The van der Waals surface area contributed by atoms with E-state index >= 15 is 0 Å². The van der Waals surface area contributed by atoms with Crippen molar-refractivity contribution in [3.05, 3.63) is 72.4 Å². The molecule has 1 heterocycles. The van der Waals surface area contributed by atoms with Gasteiger partial charge in [0.15, 0.2) is 0 Å². The molecule has 2 amide bonds. The summed E-state index contributed by atoms with van der Waals surface area (Å²) in [5, 5.41) is 14.9. The van der Waals surface area contributed by atoms with Gasteiger partial charge in [-0.2, -0.15) is 0 Å². The molecule has 0 bridgehead atoms. The maximum atomic E-state index is 13.3. The highest BCUT2D eigenvalue weighted by atomic mass is 16.4. The Labute approximate surface area is 211 Å². The van der Waals surface area contributed by atoms with Crippen molar-refractivity contribution in [1.82, 2.24) is 20.9 Å². The summed E-state index contributed by atoms with van der Waals surface area (Å²) in [6, 6.07) is 17.1. The van der Waals surface area contributed by atoms with Crippen molar-refractivity contribution in [2.24, 2.45) is 5.41 Å². The summed E-state index contributed by atoms with van der Waals surface area (Å²) < 4.78 is 1.64. The van der Waals surface area contributed by atoms with Crippen molar-refractivity contribution in [2.45, 2.75) is 45.8 Å². The van der Waals surface area contributed by atoms with Gasteiger partial charge in [-0.15, -0.1) is 5.73 Å². The summed E-state index contributed by atoms with van der Waals surface area (Å²) in [4.78, 5) is 37.5. The molecule has 0 spiro atoms. The lowest BCUT2D eigenvalue weighted by molar-refractivity contribution is -0.141. The van der Waals surface area contributed by atoms with E-state index in [-0.39, 0.29) is 12.5 Å². The van der Waals surface area contributed by atoms with E-state index in [1.807, 2.05) is 75.4 Å². The lowest BCUT2D eigenvalue weighted by Gasteiger charge is -2.31. The minimum absolute atomic E-state index is 0.0130. The van der Waals surface area contributed by atoms with E-state index in [1.165, 1.54) is 7.05 Å². The molecular formula is C28H32N4O4. The van der Waals surface area contributed by atoms with Crippen LogP contribution in [0.25, 0.3) is 22.4 Å². The number of carboxylic acid groups (broad SMARTS) is 1. The highest BCUT2D eigenvalue weighted by molar-refractivity contribution is 5.91. The van der Waals surface area contributed by atoms with E-state index in [9.17, 15) is 25.2 Å². The standard InChI is InChI=1S/C28H32N4O4/c1-28(2,3)25(27(36)30-4)31-26(35)23(16-24(33)34)32-15-5-6-22(32)21-13-11-20(12-14-21)19-9-7-18(17-29)8-10-19/h5-15,23,25H,16-17H2,1-4H3,(H,30,36)(H,31,35)(H,33,34). The molecule has 0 saturated heterocycles. The monoisotopic (exact) mass is 488 g/mol. The number of likely N-dealkylation sites (N-methyl/N-ethyl adjacent to an activating group) is 1. The first kappa shape index (κ1) is 26.7. The van der Waals surface area contributed by atoms with Gasteiger partial charge in [0.25, 0.3) is 0 Å². The molecule has 0 saturated carbocycles. The van der Waals surface area contributed by atoms with Gasteiger partial charge >= 0.3 is 5.97 Å². The molecule has 3 N–H and O–H groups in total. The van der Waals surface area contributed by atoms with Crippen LogP contribution < -0.4 is 16.4 Å².